The zero-order valence-electron chi connectivity index (χ0n) is 16.3. The molecule has 1 unspecified atom stereocenters. The van der Waals surface area contributed by atoms with Crippen molar-refractivity contribution in [2.75, 3.05) is 25.1 Å². The van der Waals surface area contributed by atoms with Gasteiger partial charge in [0, 0.05) is 0 Å². The van der Waals surface area contributed by atoms with Crippen molar-refractivity contribution in [1.82, 2.24) is 5.32 Å². The van der Waals surface area contributed by atoms with Crippen molar-refractivity contribution in [3.8, 4) is 11.5 Å². The lowest BCUT2D eigenvalue weighted by atomic mass is 10.2. The largest absolute Gasteiger partial charge is 0.492 e. The van der Waals surface area contributed by atoms with Crippen LogP contribution in [0.25, 0.3) is 0 Å². The number of esters is 1. The fourth-order valence-electron chi connectivity index (χ4n) is 2.27. The number of benzene rings is 2. The molecule has 2 aromatic carbocycles. The van der Waals surface area contributed by atoms with E-state index in [1.807, 2.05) is 13.0 Å². The van der Waals surface area contributed by atoms with E-state index in [2.05, 4.69) is 10.6 Å². The molecule has 0 saturated heterocycles. The van der Waals surface area contributed by atoms with E-state index < -0.39 is 23.9 Å². The summed E-state index contributed by atoms with van der Waals surface area (Å²) in [4.78, 5) is 35.9. The van der Waals surface area contributed by atoms with E-state index in [-0.39, 0.29) is 13.2 Å². The Kier molecular flexibility index (Phi) is 8.50. The van der Waals surface area contributed by atoms with E-state index >= 15 is 0 Å². The van der Waals surface area contributed by atoms with E-state index in [1.165, 1.54) is 6.92 Å². The molecule has 2 aromatic rings. The Hall–Kier alpha value is -3.55. The van der Waals surface area contributed by atoms with Gasteiger partial charge in [-0.2, -0.15) is 0 Å². The highest BCUT2D eigenvalue weighted by Gasteiger charge is 2.19. The summed E-state index contributed by atoms with van der Waals surface area (Å²) in [5.41, 5.74) is 0.480. The third kappa shape index (κ3) is 7.53. The second-order valence-electron chi connectivity index (χ2n) is 5.93. The van der Waals surface area contributed by atoms with Crippen LogP contribution >= 0.6 is 0 Å². The second kappa shape index (κ2) is 11.3. The first kappa shape index (κ1) is 21.7. The van der Waals surface area contributed by atoms with Gasteiger partial charge in [-0.3, -0.25) is 14.4 Å². The SMILES string of the molecule is CCOc1ccccc1NC(=O)C(C)OC(=O)CNC(=O)COc1ccccc1. The summed E-state index contributed by atoms with van der Waals surface area (Å²) in [6.45, 7) is 3.12. The number of nitrogens with one attached hydrogen (secondary N) is 2. The molecule has 0 spiro atoms. The van der Waals surface area contributed by atoms with E-state index in [4.69, 9.17) is 14.2 Å². The summed E-state index contributed by atoms with van der Waals surface area (Å²) in [6.07, 6.45) is -1.05. The molecule has 0 aliphatic carbocycles. The van der Waals surface area contributed by atoms with Gasteiger partial charge in [-0.05, 0) is 38.1 Å². The van der Waals surface area contributed by atoms with Crippen LogP contribution in [0.5, 0.6) is 11.5 Å². The van der Waals surface area contributed by atoms with E-state index in [9.17, 15) is 14.4 Å². The summed E-state index contributed by atoms with van der Waals surface area (Å²) < 4.78 is 15.8. The standard InChI is InChI=1S/C21H24N2O6/c1-3-27-18-12-8-7-11-17(18)23-21(26)15(2)29-20(25)13-22-19(24)14-28-16-9-5-4-6-10-16/h4-12,15H,3,13-14H2,1-2H3,(H,22,24)(H,23,26). The van der Waals surface area contributed by atoms with Crippen LogP contribution in [0.3, 0.4) is 0 Å². The first-order chi connectivity index (χ1) is 14.0. The molecular formula is C21H24N2O6. The lowest BCUT2D eigenvalue weighted by molar-refractivity contribution is -0.152. The van der Waals surface area contributed by atoms with Crippen LogP contribution in [0.4, 0.5) is 5.69 Å². The Morgan fingerprint density at radius 2 is 1.66 bits per heavy atom. The first-order valence-corrected chi connectivity index (χ1v) is 9.16. The second-order valence-corrected chi connectivity index (χ2v) is 5.93. The van der Waals surface area contributed by atoms with Crippen molar-refractivity contribution in [3.63, 3.8) is 0 Å². The molecule has 0 radical (unpaired) electrons. The summed E-state index contributed by atoms with van der Waals surface area (Å²) >= 11 is 0. The van der Waals surface area contributed by atoms with Gasteiger partial charge in [0.15, 0.2) is 12.7 Å². The lowest BCUT2D eigenvalue weighted by Gasteiger charge is -2.16. The van der Waals surface area contributed by atoms with Crippen LogP contribution < -0.4 is 20.1 Å². The molecule has 29 heavy (non-hydrogen) atoms. The zero-order valence-corrected chi connectivity index (χ0v) is 16.3. The van der Waals surface area contributed by atoms with Crippen LogP contribution in [-0.2, 0) is 19.1 Å². The van der Waals surface area contributed by atoms with Gasteiger partial charge < -0.3 is 24.8 Å². The average Bonchev–Trinajstić information content (AvgIpc) is 2.73. The minimum absolute atomic E-state index is 0.235. The zero-order chi connectivity index (χ0) is 21.1. The van der Waals surface area contributed by atoms with Crippen molar-refractivity contribution in [1.29, 1.82) is 0 Å². The Morgan fingerprint density at radius 3 is 2.38 bits per heavy atom. The van der Waals surface area contributed by atoms with Crippen molar-refractivity contribution in [2.24, 2.45) is 0 Å². The number of hydrogen-bond acceptors (Lipinski definition) is 6. The lowest BCUT2D eigenvalue weighted by Crippen LogP contribution is -2.37. The van der Waals surface area contributed by atoms with Crippen molar-refractivity contribution >= 4 is 23.5 Å². The maximum atomic E-state index is 12.3. The molecule has 8 nitrogen and oxygen atoms in total. The number of para-hydroxylation sites is 3. The van der Waals surface area contributed by atoms with E-state index in [0.717, 1.165) is 0 Å². The maximum Gasteiger partial charge on any atom is 0.326 e. The quantitative estimate of drug-likeness (QED) is 0.593. The molecule has 0 saturated carbocycles. The fraction of sp³-hybridized carbons (Fsp3) is 0.286. The van der Waals surface area contributed by atoms with Gasteiger partial charge in [-0.1, -0.05) is 30.3 Å². The topological polar surface area (TPSA) is 103 Å². The Labute approximate surface area is 169 Å². The van der Waals surface area contributed by atoms with Gasteiger partial charge in [-0.15, -0.1) is 0 Å². The Morgan fingerprint density at radius 1 is 0.966 bits per heavy atom. The molecule has 154 valence electrons. The smallest absolute Gasteiger partial charge is 0.326 e. The van der Waals surface area contributed by atoms with Crippen molar-refractivity contribution in [3.05, 3.63) is 54.6 Å². The number of anilines is 1. The van der Waals surface area contributed by atoms with Gasteiger partial charge in [-0.25, -0.2) is 0 Å². The Bertz CT molecular complexity index is 825. The molecule has 0 fully saturated rings. The van der Waals surface area contributed by atoms with Gasteiger partial charge in [0.1, 0.15) is 18.0 Å². The highest BCUT2D eigenvalue weighted by Crippen LogP contribution is 2.23. The van der Waals surface area contributed by atoms with Crippen LogP contribution in [0.15, 0.2) is 54.6 Å². The number of amides is 2. The molecular weight excluding hydrogens is 376 g/mol. The predicted octanol–water partition coefficient (Wildman–Crippen LogP) is 2.15. The third-order valence-electron chi connectivity index (χ3n) is 3.67. The molecule has 0 aliphatic rings. The highest BCUT2D eigenvalue weighted by atomic mass is 16.5. The number of ether oxygens (including phenoxy) is 3. The Balaban J connectivity index is 1.73. The molecule has 0 heterocycles. The summed E-state index contributed by atoms with van der Waals surface area (Å²) in [6, 6.07) is 15.8. The minimum atomic E-state index is -1.05. The molecule has 2 rings (SSSR count). The molecule has 0 aromatic heterocycles. The van der Waals surface area contributed by atoms with Gasteiger partial charge in [0.25, 0.3) is 11.8 Å². The first-order valence-electron chi connectivity index (χ1n) is 9.16. The monoisotopic (exact) mass is 400 g/mol. The summed E-state index contributed by atoms with van der Waals surface area (Å²) in [5.74, 6) is -0.660. The number of hydrogen-bond donors (Lipinski definition) is 2. The molecule has 8 heteroatoms. The van der Waals surface area contributed by atoms with E-state index in [0.29, 0.717) is 23.8 Å². The van der Waals surface area contributed by atoms with Gasteiger partial charge >= 0.3 is 5.97 Å². The molecule has 0 aliphatic heterocycles. The normalized spacial score (nSPS) is 11.1. The number of rotatable bonds is 10. The van der Waals surface area contributed by atoms with Crippen LogP contribution in [0.2, 0.25) is 0 Å². The van der Waals surface area contributed by atoms with Crippen LogP contribution in [0, 0.1) is 0 Å². The number of carbonyl (C=O) groups excluding carboxylic acids is 3. The van der Waals surface area contributed by atoms with E-state index in [1.54, 1.807) is 48.5 Å². The molecule has 2 N–H and O–H groups in total. The van der Waals surface area contributed by atoms with Crippen molar-refractivity contribution < 1.29 is 28.6 Å². The third-order valence-corrected chi connectivity index (χ3v) is 3.67. The predicted molar refractivity (Wildman–Crippen MR) is 107 cm³/mol. The van der Waals surface area contributed by atoms with Gasteiger partial charge in [0.2, 0.25) is 0 Å². The number of carbonyl (C=O) groups is 3. The van der Waals surface area contributed by atoms with Crippen LogP contribution in [-0.4, -0.2) is 43.6 Å². The minimum Gasteiger partial charge on any atom is -0.492 e. The fourth-order valence-corrected chi connectivity index (χ4v) is 2.27. The van der Waals surface area contributed by atoms with Crippen molar-refractivity contribution in [2.45, 2.75) is 20.0 Å². The maximum absolute atomic E-state index is 12.3. The highest BCUT2D eigenvalue weighted by molar-refractivity contribution is 5.96. The molecule has 1 atom stereocenters. The summed E-state index contributed by atoms with van der Waals surface area (Å²) in [5, 5.41) is 5.04. The molecule has 0 bridgehead atoms. The average molecular weight is 400 g/mol. The van der Waals surface area contributed by atoms with Gasteiger partial charge in [0.05, 0.1) is 12.3 Å². The van der Waals surface area contributed by atoms with Crippen LogP contribution in [0.1, 0.15) is 13.8 Å². The summed E-state index contributed by atoms with van der Waals surface area (Å²) in [7, 11) is 0. The molecule has 2 amide bonds.